The van der Waals surface area contributed by atoms with Gasteiger partial charge >= 0.3 is 0 Å². The number of thioether (sulfide) groups is 1. The standard InChI is InChI=1S/C25H26N2O2S/c1-4-19-9-6-8-18(3)24(19)27-23(28)16-30-22-13-11-21(12-14-22)26-25(29)20-10-5-7-17(2)15-20/h5-15H,4,16H2,1-3H3,(H,26,29)(H,27,28). The number of hydrogen-bond acceptors (Lipinski definition) is 3. The van der Waals surface area contributed by atoms with Crippen LogP contribution in [0.25, 0.3) is 0 Å². The molecule has 4 nitrogen and oxygen atoms in total. The Hall–Kier alpha value is -3.05. The van der Waals surface area contributed by atoms with Gasteiger partial charge < -0.3 is 10.6 Å². The van der Waals surface area contributed by atoms with Crippen LogP contribution in [0.5, 0.6) is 0 Å². The Morgan fingerprint density at radius 2 is 1.63 bits per heavy atom. The van der Waals surface area contributed by atoms with Crippen LogP contribution in [0.4, 0.5) is 11.4 Å². The number of para-hydroxylation sites is 1. The monoisotopic (exact) mass is 418 g/mol. The molecule has 0 saturated carbocycles. The average Bonchev–Trinajstić information content (AvgIpc) is 2.74. The molecule has 0 atom stereocenters. The van der Waals surface area contributed by atoms with Gasteiger partial charge in [0.15, 0.2) is 0 Å². The van der Waals surface area contributed by atoms with Crippen molar-refractivity contribution >= 4 is 35.0 Å². The maximum atomic E-state index is 12.4. The third-order valence-corrected chi connectivity index (χ3v) is 5.78. The summed E-state index contributed by atoms with van der Waals surface area (Å²) in [5, 5.41) is 5.94. The second-order valence-corrected chi connectivity index (χ2v) is 8.20. The molecule has 2 N–H and O–H groups in total. The molecule has 3 rings (SSSR count). The van der Waals surface area contributed by atoms with Gasteiger partial charge in [-0.3, -0.25) is 9.59 Å². The number of amides is 2. The highest BCUT2D eigenvalue weighted by atomic mass is 32.2. The molecule has 30 heavy (non-hydrogen) atoms. The van der Waals surface area contributed by atoms with E-state index in [1.807, 2.05) is 74.5 Å². The summed E-state index contributed by atoms with van der Waals surface area (Å²) in [6.45, 7) is 6.05. The Kier molecular flexibility index (Phi) is 7.31. The summed E-state index contributed by atoms with van der Waals surface area (Å²) in [4.78, 5) is 25.7. The van der Waals surface area contributed by atoms with E-state index >= 15 is 0 Å². The second kappa shape index (κ2) is 10.1. The van der Waals surface area contributed by atoms with E-state index in [-0.39, 0.29) is 11.8 Å². The number of carbonyl (C=O) groups excluding carboxylic acids is 2. The predicted molar refractivity (Wildman–Crippen MR) is 125 cm³/mol. The third-order valence-electron chi connectivity index (χ3n) is 4.77. The Morgan fingerprint density at radius 1 is 0.900 bits per heavy atom. The number of hydrogen-bond donors (Lipinski definition) is 2. The highest BCUT2D eigenvalue weighted by Gasteiger charge is 2.10. The summed E-state index contributed by atoms with van der Waals surface area (Å²) >= 11 is 1.47. The van der Waals surface area contributed by atoms with Crippen LogP contribution in [0.3, 0.4) is 0 Å². The topological polar surface area (TPSA) is 58.2 Å². The Balaban J connectivity index is 1.55. The Bertz CT molecular complexity index is 1050. The molecule has 0 aliphatic rings. The zero-order valence-corrected chi connectivity index (χ0v) is 18.3. The van der Waals surface area contributed by atoms with E-state index in [9.17, 15) is 9.59 Å². The molecule has 0 aromatic heterocycles. The van der Waals surface area contributed by atoms with Gasteiger partial charge in [0.05, 0.1) is 5.75 Å². The van der Waals surface area contributed by atoms with Crippen LogP contribution in [-0.2, 0) is 11.2 Å². The molecule has 2 amide bonds. The lowest BCUT2D eigenvalue weighted by Crippen LogP contribution is -2.16. The summed E-state index contributed by atoms with van der Waals surface area (Å²) in [6, 6.07) is 21.1. The minimum absolute atomic E-state index is 0.0270. The van der Waals surface area contributed by atoms with Crippen molar-refractivity contribution in [2.45, 2.75) is 32.1 Å². The molecule has 0 spiro atoms. The van der Waals surface area contributed by atoms with Crippen molar-refractivity contribution in [3.05, 3.63) is 89.0 Å². The molecule has 0 aliphatic carbocycles. The number of rotatable bonds is 7. The van der Waals surface area contributed by atoms with Gasteiger partial charge in [-0.2, -0.15) is 0 Å². The quantitative estimate of drug-likeness (QED) is 0.473. The van der Waals surface area contributed by atoms with Crippen LogP contribution < -0.4 is 10.6 Å². The molecular formula is C25H26N2O2S. The van der Waals surface area contributed by atoms with E-state index in [0.29, 0.717) is 11.3 Å². The summed E-state index contributed by atoms with van der Waals surface area (Å²) in [5.74, 6) is 0.163. The van der Waals surface area contributed by atoms with Gasteiger partial charge in [0.2, 0.25) is 5.91 Å². The first-order valence-electron chi connectivity index (χ1n) is 9.95. The summed E-state index contributed by atoms with van der Waals surface area (Å²) in [7, 11) is 0. The summed E-state index contributed by atoms with van der Waals surface area (Å²) in [5.41, 5.74) is 5.53. The first kappa shape index (κ1) is 21.7. The van der Waals surface area contributed by atoms with Gasteiger partial charge in [-0.05, 0) is 67.8 Å². The second-order valence-electron chi connectivity index (χ2n) is 7.15. The van der Waals surface area contributed by atoms with Crippen molar-refractivity contribution in [1.82, 2.24) is 0 Å². The molecule has 3 aromatic rings. The van der Waals surface area contributed by atoms with E-state index in [1.165, 1.54) is 11.8 Å². The molecule has 0 unspecified atom stereocenters. The van der Waals surface area contributed by atoms with Crippen molar-refractivity contribution in [2.24, 2.45) is 0 Å². The molecule has 0 saturated heterocycles. The molecule has 0 radical (unpaired) electrons. The van der Waals surface area contributed by atoms with Crippen LogP contribution in [0, 0.1) is 13.8 Å². The van der Waals surface area contributed by atoms with Crippen molar-refractivity contribution in [2.75, 3.05) is 16.4 Å². The highest BCUT2D eigenvalue weighted by Crippen LogP contribution is 2.24. The molecular weight excluding hydrogens is 392 g/mol. The number of nitrogens with one attached hydrogen (secondary N) is 2. The Morgan fingerprint density at radius 3 is 2.33 bits per heavy atom. The maximum Gasteiger partial charge on any atom is 0.255 e. The van der Waals surface area contributed by atoms with Gasteiger partial charge in [0.25, 0.3) is 5.91 Å². The highest BCUT2D eigenvalue weighted by molar-refractivity contribution is 8.00. The maximum absolute atomic E-state index is 12.4. The number of carbonyl (C=O) groups is 2. The van der Waals surface area contributed by atoms with Crippen LogP contribution in [0.15, 0.2) is 71.6 Å². The van der Waals surface area contributed by atoms with E-state index in [0.717, 1.165) is 39.4 Å². The van der Waals surface area contributed by atoms with Crippen molar-refractivity contribution < 1.29 is 9.59 Å². The summed E-state index contributed by atoms with van der Waals surface area (Å²) in [6.07, 6.45) is 0.875. The lowest BCUT2D eigenvalue weighted by molar-refractivity contribution is -0.113. The van der Waals surface area contributed by atoms with E-state index in [2.05, 4.69) is 17.6 Å². The summed E-state index contributed by atoms with van der Waals surface area (Å²) < 4.78 is 0. The number of aryl methyl sites for hydroxylation is 3. The van der Waals surface area contributed by atoms with Crippen molar-refractivity contribution in [3.8, 4) is 0 Å². The van der Waals surface area contributed by atoms with Gasteiger partial charge in [-0.1, -0.05) is 42.8 Å². The SMILES string of the molecule is CCc1cccc(C)c1NC(=O)CSc1ccc(NC(=O)c2cccc(C)c2)cc1. The molecule has 0 aliphatic heterocycles. The van der Waals surface area contributed by atoms with E-state index < -0.39 is 0 Å². The van der Waals surface area contributed by atoms with Gasteiger partial charge in [-0.25, -0.2) is 0 Å². The van der Waals surface area contributed by atoms with Crippen LogP contribution in [0.2, 0.25) is 0 Å². The fraction of sp³-hybridized carbons (Fsp3) is 0.200. The lowest BCUT2D eigenvalue weighted by Gasteiger charge is -2.13. The zero-order valence-electron chi connectivity index (χ0n) is 17.5. The normalized spacial score (nSPS) is 10.5. The minimum atomic E-state index is -0.136. The predicted octanol–water partition coefficient (Wildman–Crippen LogP) is 5.85. The van der Waals surface area contributed by atoms with Crippen LogP contribution in [0.1, 0.15) is 34.0 Å². The molecule has 3 aromatic carbocycles. The van der Waals surface area contributed by atoms with Gasteiger partial charge in [-0.15, -0.1) is 11.8 Å². The minimum Gasteiger partial charge on any atom is -0.325 e. The lowest BCUT2D eigenvalue weighted by atomic mass is 10.1. The molecule has 154 valence electrons. The smallest absolute Gasteiger partial charge is 0.255 e. The Labute approximate surface area is 182 Å². The fourth-order valence-electron chi connectivity index (χ4n) is 3.15. The van der Waals surface area contributed by atoms with Crippen LogP contribution >= 0.6 is 11.8 Å². The first-order valence-corrected chi connectivity index (χ1v) is 10.9. The molecule has 0 bridgehead atoms. The van der Waals surface area contributed by atoms with E-state index in [1.54, 1.807) is 6.07 Å². The van der Waals surface area contributed by atoms with Gasteiger partial charge in [0, 0.05) is 21.8 Å². The largest absolute Gasteiger partial charge is 0.325 e. The van der Waals surface area contributed by atoms with Crippen molar-refractivity contribution in [3.63, 3.8) is 0 Å². The van der Waals surface area contributed by atoms with Crippen LogP contribution in [-0.4, -0.2) is 17.6 Å². The number of anilines is 2. The van der Waals surface area contributed by atoms with E-state index in [4.69, 9.17) is 0 Å². The molecule has 0 fully saturated rings. The fourth-order valence-corrected chi connectivity index (χ4v) is 3.85. The van der Waals surface area contributed by atoms with Crippen molar-refractivity contribution in [1.29, 1.82) is 0 Å². The zero-order chi connectivity index (χ0) is 21.5. The molecule has 5 heteroatoms. The third kappa shape index (κ3) is 5.74. The average molecular weight is 419 g/mol. The van der Waals surface area contributed by atoms with Gasteiger partial charge in [0.1, 0.15) is 0 Å². The first-order chi connectivity index (χ1) is 14.5. The number of benzene rings is 3. The molecule has 0 heterocycles.